The van der Waals surface area contributed by atoms with Crippen LogP contribution in [0.25, 0.3) is 0 Å². The van der Waals surface area contributed by atoms with Crippen LogP contribution in [0.2, 0.25) is 0 Å². The van der Waals surface area contributed by atoms with Gasteiger partial charge in [-0.05, 0) is 13.0 Å². The van der Waals surface area contributed by atoms with Gasteiger partial charge in [0.15, 0.2) is 0 Å². The van der Waals surface area contributed by atoms with Crippen LogP contribution in [0.15, 0.2) is 6.07 Å². The second-order valence-electron chi connectivity index (χ2n) is 3.37. The van der Waals surface area contributed by atoms with Crippen LogP contribution in [-0.2, 0) is 0 Å². The Hall–Kier alpha value is -1.31. The number of hydrogen-bond donors (Lipinski definition) is 2. The average molecular weight is 270 g/mol. The molecule has 17 heavy (non-hydrogen) atoms. The van der Waals surface area contributed by atoms with E-state index in [1.54, 1.807) is 12.2 Å². The highest BCUT2D eigenvalue weighted by Gasteiger charge is 2.40. The molecule has 96 valence electrons. The van der Waals surface area contributed by atoms with Gasteiger partial charge >= 0.3 is 12.3 Å². The standard InChI is InChI=1S/C9H10F4N2OS/c1-4-5(14)2-6(17-4)7(16)15-3-9(12,13)8(10)11/h2,8H,3,14H2,1H3,(H,15,16). The fourth-order valence-corrected chi connectivity index (χ4v) is 1.83. The monoisotopic (exact) mass is 270 g/mol. The molecule has 1 amide bonds. The van der Waals surface area contributed by atoms with Crippen LogP contribution in [0.4, 0.5) is 23.2 Å². The lowest BCUT2D eigenvalue weighted by Crippen LogP contribution is -2.41. The molecule has 0 fully saturated rings. The van der Waals surface area contributed by atoms with Crippen molar-refractivity contribution in [1.29, 1.82) is 0 Å². The first-order chi connectivity index (χ1) is 7.74. The van der Waals surface area contributed by atoms with Crippen LogP contribution >= 0.6 is 11.3 Å². The molecule has 1 rings (SSSR count). The Balaban J connectivity index is 2.62. The lowest BCUT2D eigenvalue weighted by molar-refractivity contribution is -0.123. The van der Waals surface area contributed by atoms with E-state index in [9.17, 15) is 22.4 Å². The van der Waals surface area contributed by atoms with E-state index in [0.29, 0.717) is 10.6 Å². The number of halogens is 4. The summed E-state index contributed by atoms with van der Waals surface area (Å²) >= 11 is 1.01. The molecule has 0 aliphatic heterocycles. The lowest BCUT2D eigenvalue weighted by Gasteiger charge is -2.15. The van der Waals surface area contributed by atoms with Gasteiger partial charge in [0.1, 0.15) is 0 Å². The van der Waals surface area contributed by atoms with E-state index in [1.807, 2.05) is 0 Å². The first kappa shape index (κ1) is 13.8. The van der Waals surface area contributed by atoms with E-state index >= 15 is 0 Å². The smallest absolute Gasteiger partial charge is 0.324 e. The van der Waals surface area contributed by atoms with Crippen molar-refractivity contribution in [3.05, 3.63) is 15.8 Å². The molecule has 0 saturated carbocycles. The second-order valence-corrected chi connectivity index (χ2v) is 4.62. The van der Waals surface area contributed by atoms with Gasteiger partial charge in [-0.1, -0.05) is 0 Å². The maximum Gasteiger partial charge on any atom is 0.324 e. The van der Waals surface area contributed by atoms with Crippen LogP contribution in [0, 0.1) is 6.92 Å². The minimum atomic E-state index is -4.23. The van der Waals surface area contributed by atoms with Crippen molar-refractivity contribution >= 4 is 22.9 Å². The van der Waals surface area contributed by atoms with E-state index in [1.165, 1.54) is 6.07 Å². The molecule has 0 saturated heterocycles. The van der Waals surface area contributed by atoms with Gasteiger partial charge in [0.25, 0.3) is 5.91 Å². The quantitative estimate of drug-likeness (QED) is 0.825. The number of carbonyl (C=O) groups excluding carboxylic acids is 1. The van der Waals surface area contributed by atoms with Crippen molar-refractivity contribution in [1.82, 2.24) is 5.32 Å². The van der Waals surface area contributed by atoms with Crippen LogP contribution in [0.3, 0.4) is 0 Å². The zero-order chi connectivity index (χ0) is 13.2. The average Bonchev–Trinajstić information content (AvgIpc) is 2.56. The minimum absolute atomic E-state index is 0.116. The molecule has 0 unspecified atom stereocenters. The highest BCUT2D eigenvalue weighted by Crippen LogP contribution is 2.24. The molecule has 1 aromatic rings. The lowest BCUT2D eigenvalue weighted by atomic mass is 10.3. The van der Waals surface area contributed by atoms with Gasteiger partial charge in [-0.25, -0.2) is 8.78 Å². The predicted octanol–water partition coefficient (Wildman–Crippen LogP) is 2.27. The maximum absolute atomic E-state index is 12.5. The number of anilines is 1. The molecule has 3 N–H and O–H groups in total. The summed E-state index contributed by atoms with van der Waals surface area (Å²) in [5.74, 6) is -5.07. The van der Waals surface area contributed by atoms with Crippen molar-refractivity contribution in [3.63, 3.8) is 0 Å². The third-order valence-corrected chi connectivity index (χ3v) is 3.05. The Morgan fingerprint density at radius 1 is 1.59 bits per heavy atom. The van der Waals surface area contributed by atoms with E-state index in [0.717, 1.165) is 11.3 Å². The van der Waals surface area contributed by atoms with Crippen molar-refractivity contribution in [2.75, 3.05) is 12.3 Å². The fraction of sp³-hybridized carbons (Fsp3) is 0.444. The summed E-state index contributed by atoms with van der Waals surface area (Å²) in [4.78, 5) is 12.1. The van der Waals surface area contributed by atoms with E-state index in [-0.39, 0.29) is 4.88 Å². The van der Waals surface area contributed by atoms with Crippen molar-refractivity contribution in [2.45, 2.75) is 19.3 Å². The Labute approximate surface area is 98.6 Å². The molecule has 0 spiro atoms. The highest BCUT2D eigenvalue weighted by molar-refractivity contribution is 7.14. The van der Waals surface area contributed by atoms with Gasteiger partial charge in [-0.3, -0.25) is 4.79 Å². The Bertz CT molecular complexity index is 400. The number of hydrogen-bond acceptors (Lipinski definition) is 3. The van der Waals surface area contributed by atoms with Gasteiger partial charge < -0.3 is 11.1 Å². The zero-order valence-corrected chi connectivity index (χ0v) is 9.58. The molecular weight excluding hydrogens is 260 g/mol. The number of nitrogens with two attached hydrogens (primary N) is 1. The molecule has 0 aliphatic carbocycles. The topological polar surface area (TPSA) is 55.1 Å². The number of carbonyl (C=O) groups is 1. The Morgan fingerprint density at radius 2 is 2.18 bits per heavy atom. The van der Waals surface area contributed by atoms with Crippen molar-refractivity contribution in [3.8, 4) is 0 Å². The summed E-state index contributed by atoms with van der Waals surface area (Å²) in [6.45, 7) is 0.255. The molecule has 3 nitrogen and oxygen atoms in total. The number of alkyl halides is 4. The Kier molecular flexibility index (Phi) is 3.97. The summed E-state index contributed by atoms with van der Waals surface area (Å²) in [6, 6.07) is 1.32. The van der Waals surface area contributed by atoms with E-state index in [4.69, 9.17) is 5.73 Å². The molecular formula is C9H10F4N2OS. The molecule has 0 atom stereocenters. The summed E-state index contributed by atoms with van der Waals surface area (Å²) < 4.78 is 48.7. The summed E-state index contributed by atoms with van der Waals surface area (Å²) in [5, 5.41) is 1.75. The first-order valence-electron chi connectivity index (χ1n) is 4.54. The Morgan fingerprint density at radius 3 is 2.59 bits per heavy atom. The number of rotatable bonds is 4. The molecule has 0 radical (unpaired) electrons. The van der Waals surface area contributed by atoms with Gasteiger partial charge in [0.05, 0.1) is 11.4 Å². The summed E-state index contributed by atoms with van der Waals surface area (Å²) in [7, 11) is 0. The summed E-state index contributed by atoms with van der Waals surface area (Å²) in [6.07, 6.45) is -3.81. The van der Waals surface area contributed by atoms with E-state index < -0.39 is 24.8 Å². The number of nitrogen functional groups attached to an aromatic ring is 1. The number of thiophene rings is 1. The SMILES string of the molecule is Cc1sc(C(=O)NCC(F)(F)C(F)F)cc1N. The fourth-order valence-electron chi connectivity index (χ4n) is 0.970. The number of amides is 1. The van der Waals surface area contributed by atoms with Crippen molar-refractivity contribution in [2.24, 2.45) is 0 Å². The minimum Gasteiger partial charge on any atom is -0.398 e. The maximum atomic E-state index is 12.5. The number of aryl methyl sites for hydroxylation is 1. The third-order valence-electron chi connectivity index (χ3n) is 1.98. The molecule has 0 bridgehead atoms. The van der Waals surface area contributed by atoms with Crippen LogP contribution < -0.4 is 11.1 Å². The largest absolute Gasteiger partial charge is 0.398 e. The predicted molar refractivity (Wildman–Crippen MR) is 56.8 cm³/mol. The van der Waals surface area contributed by atoms with Gasteiger partial charge in [0.2, 0.25) is 0 Å². The zero-order valence-electron chi connectivity index (χ0n) is 8.77. The van der Waals surface area contributed by atoms with Crippen LogP contribution in [0.5, 0.6) is 0 Å². The molecule has 8 heteroatoms. The normalized spacial score (nSPS) is 11.9. The molecule has 0 aromatic carbocycles. The van der Waals surface area contributed by atoms with Crippen LogP contribution in [0.1, 0.15) is 14.5 Å². The molecule has 1 heterocycles. The van der Waals surface area contributed by atoms with Gasteiger partial charge in [0, 0.05) is 10.6 Å². The van der Waals surface area contributed by atoms with Crippen molar-refractivity contribution < 1.29 is 22.4 Å². The first-order valence-corrected chi connectivity index (χ1v) is 5.36. The molecule has 1 aromatic heterocycles. The van der Waals surface area contributed by atoms with Crippen LogP contribution in [-0.4, -0.2) is 24.8 Å². The van der Waals surface area contributed by atoms with Gasteiger partial charge in [-0.15, -0.1) is 11.3 Å². The van der Waals surface area contributed by atoms with E-state index in [2.05, 4.69) is 0 Å². The highest BCUT2D eigenvalue weighted by atomic mass is 32.1. The molecule has 0 aliphatic rings. The van der Waals surface area contributed by atoms with Gasteiger partial charge in [-0.2, -0.15) is 8.78 Å². The summed E-state index contributed by atoms with van der Waals surface area (Å²) in [5.41, 5.74) is 5.83. The third kappa shape index (κ3) is 3.32. The second kappa shape index (κ2) is 4.91. The number of nitrogens with one attached hydrogen (secondary N) is 1.